The Kier molecular flexibility index (Phi) is 7.47. The summed E-state index contributed by atoms with van der Waals surface area (Å²) >= 11 is 0. The minimum absolute atomic E-state index is 0.0459. The molecule has 3 nitrogen and oxygen atoms in total. The van der Waals surface area contributed by atoms with Crippen LogP contribution in [-0.2, 0) is 6.18 Å². The lowest BCUT2D eigenvalue weighted by Crippen LogP contribution is -2.21. The Labute approximate surface area is 175 Å². The van der Waals surface area contributed by atoms with Crippen LogP contribution in [0, 0.1) is 0 Å². The minimum Gasteiger partial charge on any atom is -0.484 e. The second-order valence-electron chi connectivity index (χ2n) is 6.29. The van der Waals surface area contributed by atoms with Gasteiger partial charge in [0.05, 0.1) is 11.1 Å². The summed E-state index contributed by atoms with van der Waals surface area (Å²) in [5.74, 6) is -2.10. The number of carbonyl (C=O) groups is 1. The zero-order valence-corrected chi connectivity index (χ0v) is 15.7. The first-order chi connectivity index (χ1) is 14.6. The molecule has 2 rings (SSSR count). The van der Waals surface area contributed by atoms with Crippen molar-refractivity contribution in [3.8, 4) is 11.5 Å². The molecule has 0 aliphatic carbocycles. The smallest absolute Gasteiger partial charge is 0.422 e. The SMILES string of the molecule is O=C(C=Cc1cccc(C(F)(F)F)c1)c1cc(OCC(F)(F)F)ccc1OCC(F)(F)F. The lowest BCUT2D eigenvalue weighted by Gasteiger charge is -2.14. The van der Waals surface area contributed by atoms with Gasteiger partial charge in [-0.2, -0.15) is 39.5 Å². The first-order valence-electron chi connectivity index (χ1n) is 8.57. The molecule has 0 radical (unpaired) electrons. The van der Waals surface area contributed by atoms with Gasteiger partial charge in [0, 0.05) is 0 Å². The molecule has 174 valence electrons. The summed E-state index contributed by atoms with van der Waals surface area (Å²) in [5.41, 5.74) is -1.61. The van der Waals surface area contributed by atoms with Gasteiger partial charge in [-0.25, -0.2) is 0 Å². The first-order valence-corrected chi connectivity index (χ1v) is 8.57. The third kappa shape index (κ3) is 8.16. The Bertz CT molecular complexity index is 974. The van der Waals surface area contributed by atoms with Gasteiger partial charge in [0.1, 0.15) is 11.5 Å². The summed E-state index contributed by atoms with van der Waals surface area (Å²) in [5, 5.41) is 0. The molecule has 0 saturated heterocycles. The standard InChI is InChI=1S/C20H13F9O3/c21-18(22,23)10-31-14-5-7-17(32-11-19(24,25)26)15(9-14)16(30)6-4-12-2-1-3-13(8-12)20(27,28)29/h1-9H,10-11H2. The second kappa shape index (κ2) is 9.53. The van der Waals surface area contributed by atoms with Gasteiger partial charge < -0.3 is 9.47 Å². The average Bonchev–Trinajstić information content (AvgIpc) is 2.67. The van der Waals surface area contributed by atoms with E-state index in [-0.39, 0.29) is 5.56 Å². The molecule has 0 heterocycles. The van der Waals surface area contributed by atoms with Gasteiger partial charge in [-0.1, -0.05) is 18.2 Å². The summed E-state index contributed by atoms with van der Waals surface area (Å²) < 4.78 is 122. The highest BCUT2D eigenvalue weighted by Gasteiger charge is 2.31. The Morgan fingerprint density at radius 1 is 0.812 bits per heavy atom. The highest BCUT2D eigenvalue weighted by molar-refractivity contribution is 6.08. The van der Waals surface area contributed by atoms with Crippen LogP contribution in [0.1, 0.15) is 21.5 Å². The third-order valence-electron chi connectivity index (χ3n) is 3.65. The largest absolute Gasteiger partial charge is 0.484 e. The number of benzene rings is 2. The van der Waals surface area contributed by atoms with Crippen molar-refractivity contribution in [1.82, 2.24) is 0 Å². The summed E-state index contributed by atoms with van der Waals surface area (Å²) in [6.45, 7) is -3.50. The normalized spacial score (nSPS) is 12.8. The Hall–Kier alpha value is -3.18. The molecule has 0 aliphatic heterocycles. The van der Waals surface area contributed by atoms with Crippen molar-refractivity contribution >= 4 is 11.9 Å². The monoisotopic (exact) mass is 472 g/mol. The predicted octanol–water partition coefficient (Wildman–Crippen LogP) is 6.48. The molecule has 2 aromatic carbocycles. The van der Waals surface area contributed by atoms with Crippen molar-refractivity contribution < 1.29 is 53.8 Å². The molecular formula is C20H13F9O3. The fourth-order valence-corrected chi connectivity index (χ4v) is 2.32. The van der Waals surface area contributed by atoms with Gasteiger partial charge in [0.15, 0.2) is 19.0 Å². The van der Waals surface area contributed by atoms with E-state index in [0.717, 1.165) is 48.6 Å². The molecule has 0 amide bonds. The van der Waals surface area contributed by atoms with Crippen LogP contribution in [0.5, 0.6) is 11.5 Å². The molecule has 12 heteroatoms. The molecule has 0 aliphatic rings. The van der Waals surface area contributed by atoms with E-state index < -0.39 is 60.2 Å². The number of halogens is 9. The van der Waals surface area contributed by atoms with E-state index in [9.17, 15) is 44.3 Å². The molecule has 32 heavy (non-hydrogen) atoms. The van der Waals surface area contributed by atoms with Crippen molar-refractivity contribution in [2.45, 2.75) is 18.5 Å². The van der Waals surface area contributed by atoms with Gasteiger partial charge in [-0.15, -0.1) is 0 Å². The number of hydrogen-bond acceptors (Lipinski definition) is 3. The predicted molar refractivity (Wildman–Crippen MR) is 94.4 cm³/mol. The van der Waals surface area contributed by atoms with Crippen molar-refractivity contribution in [1.29, 1.82) is 0 Å². The number of rotatable bonds is 7. The van der Waals surface area contributed by atoms with Crippen LogP contribution in [0.2, 0.25) is 0 Å². The summed E-state index contributed by atoms with van der Waals surface area (Å²) in [4.78, 5) is 12.5. The minimum atomic E-state index is -4.76. The van der Waals surface area contributed by atoms with Crippen LogP contribution in [-0.4, -0.2) is 31.3 Å². The molecule has 0 unspecified atom stereocenters. The zero-order chi connectivity index (χ0) is 24.2. The Morgan fingerprint density at radius 2 is 1.44 bits per heavy atom. The van der Waals surface area contributed by atoms with Gasteiger partial charge >= 0.3 is 18.5 Å². The highest BCUT2D eigenvalue weighted by Crippen LogP contribution is 2.31. The van der Waals surface area contributed by atoms with Gasteiger partial charge in [0.25, 0.3) is 0 Å². The number of hydrogen-bond donors (Lipinski definition) is 0. The van der Waals surface area contributed by atoms with Crippen LogP contribution in [0.15, 0.2) is 48.5 Å². The zero-order valence-electron chi connectivity index (χ0n) is 15.7. The molecule has 0 bridgehead atoms. The highest BCUT2D eigenvalue weighted by atomic mass is 19.4. The van der Waals surface area contributed by atoms with Crippen LogP contribution in [0.4, 0.5) is 39.5 Å². The van der Waals surface area contributed by atoms with Crippen LogP contribution in [0.25, 0.3) is 6.08 Å². The molecule has 0 N–H and O–H groups in total. The third-order valence-corrected chi connectivity index (χ3v) is 3.65. The van der Waals surface area contributed by atoms with Crippen LogP contribution < -0.4 is 9.47 Å². The number of carbonyl (C=O) groups excluding carboxylic acids is 1. The number of allylic oxidation sites excluding steroid dienone is 1. The van der Waals surface area contributed by atoms with Gasteiger partial charge in [0.2, 0.25) is 0 Å². The van der Waals surface area contributed by atoms with Crippen LogP contribution >= 0.6 is 0 Å². The Balaban J connectivity index is 2.32. The molecular weight excluding hydrogens is 459 g/mol. The van der Waals surface area contributed by atoms with E-state index in [1.807, 2.05) is 0 Å². The summed E-state index contributed by atoms with van der Waals surface area (Å²) in [6, 6.07) is 6.29. The fraction of sp³-hybridized carbons (Fsp3) is 0.250. The Morgan fingerprint density at radius 3 is 2.03 bits per heavy atom. The van der Waals surface area contributed by atoms with Crippen molar-refractivity contribution in [2.24, 2.45) is 0 Å². The maximum absolute atomic E-state index is 12.8. The van der Waals surface area contributed by atoms with Gasteiger partial charge in [-0.3, -0.25) is 4.79 Å². The maximum atomic E-state index is 12.8. The number of alkyl halides is 9. The second-order valence-corrected chi connectivity index (χ2v) is 6.29. The van der Waals surface area contributed by atoms with Crippen LogP contribution in [0.3, 0.4) is 0 Å². The van der Waals surface area contributed by atoms with E-state index in [1.165, 1.54) is 6.07 Å². The van der Waals surface area contributed by atoms with E-state index in [4.69, 9.17) is 0 Å². The van der Waals surface area contributed by atoms with Gasteiger partial charge in [-0.05, 0) is 42.0 Å². The fourth-order valence-electron chi connectivity index (χ4n) is 2.32. The molecule has 0 atom stereocenters. The first kappa shape index (κ1) is 25.1. The topological polar surface area (TPSA) is 35.5 Å². The molecule has 2 aromatic rings. The van der Waals surface area contributed by atoms with E-state index in [0.29, 0.717) is 0 Å². The summed E-state index contributed by atoms with van der Waals surface area (Å²) in [6.07, 6.45) is -12.4. The van der Waals surface area contributed by atoms with Crippen molar-refractivity contribution in [3.05, 3.63) is 65.2 Å². The number of ketones is 1. The molecule has 0 aromatic heterocycles. The molecule has 0 saturated carbocycles. The van der Waals surface area contributed by atoms with Crippen molar-refractivity contribution in [2.75, 3.05) is 13.2 Å². The molecule has 0 fully saturated rings. The van der Waals surface area contributed by atoms with Crippen molar-refractivity contribution in [3.63, 3.8) is 0 Å². The lowest BCUT2D eigenvalue weighted by atomic mass is 10.1. The van der Waals surface area contributed by atoms with E-state index in [1.54, 1.807) is 0 Å². The molecule has 0 spiro atoms. The quantitative estimate of drug-likeness (QED) is 0.263. The number of ether oxygens (including phenoxy) is 2. The maximum Gasteiger partial charge on any atom is 0.422 e. The lowest BCUT2D eigenvalue weighted by molar-refractivity contribution is -0.154. The average molecular weight is 472 g/mol. The van der Waals surface area contributed by atoms with E-state index >= 15 is 0 Å². The summed E-state index contributed by atoms with van der Waals surface area (Å²) in [7, 11) is 0. The van der Waals surface area contributed by atoms with E-state index in [2.05, 4.69) is 9.47 Å².